The number of rotatable bonds is 6. The predicted octanol–water partition coefficient (Wildman–Crippen LogP) is 3.22. The van der Waals surface area contributed by atoms with E-state index in [9.17, 15) is 27.6 Å². The maximum Gasteiger partial charge on any atom is 0.416 e. The number of hydrogen-bond acceptors (Lipinski definition) is 3. The van der Waals surface area contributed by atoms with Crippen LogP contribution in [-0.4, -0.2) is 30.9 Å². The van der Waals surface area contributed by atoms with Gasteiger partial charge in [0.2, 0.25) is 5.91 Å². The second kappa shape index (κ2) is 9.58. The molecular weight excluding hydrogens is 389 g/mol. The molecule has 0 atom stereocenters. The van der Waals surface area contributed by atoms with E-state index in [1.165, 1.54) is 31.2 Å². The molecule has 0 aliphatic carbocycles. The fourth-order valence-corrected chi connectivity index (χ4v) is 2.26. The molecule has 0 aromatic heterocycles. The summed E-state index contributed by atoms with van der Waals surface area (Å²) in [5, 5.41) is 10.1. The Kier molecular flexibility index (Phi) is 7.18. The van der Waals surface area contributed by atoms with Crippen molar-refractivity contribution in [1.82, 2.24) is 10.6 Å². The van der Waals surface area contributed by atoms with Gasteiger partial charge in [0.1, 0.15) is 0 Å². The fraction of sp³-hybridized carbons (Fsp3) is 0.211. The summed E-state index contributed by atoms with van der Waals surface area (Å²) in [6.07, 6.45) is -4.45. The number of carbonyl (C=O) groups is 3. The SMILES string of the molecule is CC(=O)NCCNC(=O)c1ccc(NC(=O)Nc2ccc(C(F)(F)F)cc2)cc1. The first-order valence-electron chi connectivity index (χ1n) is 8.53. The Morgan fingerprint density at radius 1 is 0.793 bits per heavy atom. The number of hydrogen-bond donors (Lipinski definition) is 4. The zero-order chi connectivity index (χ0) is 21.4. The lowest BCUT2D eigenvalue weighted by Crippen LogP contribution is -2.33. The van der Waals surface area contributed by atoms with Gasteiger partial charge in [0.05, 0.1) is 5.56 Å². The Morgan fingerprint density at radius 3 is 1.76 bits per heavy atom. The average molecular weight is 408 g/mol. The summed E-state index contributed by atoms with van der Waals surface area (Å²) in [5.41, 5.74) is 0.144. The van der Waals surface area contributed by atoms with Gasteiger partial charge in [-0.1, -0.05) is 0 Å². The van der Waals surface area contributed by atoms with Crippen LogP contribution in [-0.2, 0) is 11.0 Å². The normalized spacial score (nSPS) is 10.8. The van der Waals surface area contributed by atoms with Crippen LogP contribution in [0.3, 0.4) is 0 Å². The summed E-state index contributed by atoms with van der Waals surface area (Å²) < 4.78 is 37.6. The molecule has 0 saturated heterocycles. The van der Waals surface area contributed by atoms with Crippen molar-refractivity contribution in [3.63, 3.8) is 0 Å². The Balaban J connectivity index is 1.85. The molecule has 10 heteroatoms. The third-order valence-corrected chi connectivity index (χ3v) is 3.66. The predicted molar refractivity (Wildman–Crippen MR) is 102 cm³/mol. The quantitative estimate of drug-likeness (QED) is 0.553. The molecule has 0 fully saturated rings. The molecule has 0 bridgehead atoms. The van der Waals surface area contributed by atoms with E-state index in [1.807, 2.05) is 0 Å². The van der Waals surface area contributed by atoms with Crippen LogP contribution < -0.4 is 21.3 Å². The van der Waals surface area contributed by atoms with E-state index in [0.29, 0.717) is 17.8 Å². The Morgan fingerprint density at radius 2 is 1.28 bits per heavy atom. The van der Waals surface area contributed by atoms with Gasteiger partial charge in [0, 0.05) is 37.0 Å². The lowest BCUT2D eigenvalue weighted by molar-refractivity contribution is -0.137. The minimum Gasteiger partial charge on any atom is -0.355 e. The van der Waals surface area contributed by atoms with Crippen LogP contribution in [0.5, 0.6) is 0 Å². The summed E-state index contributed by atoms with van der Waals surface area (Å²) >= 11 is 0. The smallest absolute Gasteiger partial charge is 0.355 e. The molecule has 2 aromatic carbocycles. The molecule has 4 amide bonds. The lowest BCUT2D eigenvalue weighted by Gasteiger charge is -2.10. The van der Waals surface area contributed by atoms with Crippen molar-refractivity contribution in [2.75, 3.05) is 23.7 Å². The highest BCUT2D eigenvalue weighted by Gasteiger charge is 2.29. The second-order valence-electron chi connectivity index (χ2n) is 5.97. The molecule has 154 valence electrons. The van der Waals surface area contributed by atoms with Crippen LogP contribution in [0.4, 0.5) is 29.3 Å². The number of carbonyl (C=O) groups excluding carboxylic acids is 3. The van der Waals surface area contributed by atoms with Gasteiger partial charge in [-0.05, 0) is 48.5 Å². The molecule has 2 aromatic rings. The van der Waals surface area contributed by atoms with Gasteiger partial charge < -0.3 is 21.3 Å². The van der Waals surface area contributed by atoms with Gasteiger partial charge in [-0.3, -0.25) is 9.59 Å². The first-order chi connectivity index (χ1) is 13.6. The molecule has 7 nitrogen and oxygen atoms in total. The summed E-state index contributed by atoms with van der Waals surface area (Å²) in [5.74, 6) is -0.527. The number of nitrogens with one attached hydrogen (secondary N) is 4. The molecule has 0 aliphatic rings. The van der Waals surface area contributed by atoms with Crippen LogP contribution in [0.15, 0.2) is 48.5 Å². The van der Waals surface area contributed by atoms with Gasteiger partial charge in [-0.25, -0.2) is 4.79 Å². The zero-order valence-electron chi connectivity index (χ0n) is 15.4. The Hall–Kier alpha value is -3.56. The summed E-state index contributed by atoms with van der Waals surface area (Å²) in [4.78, 5) is 34.7. The summed E-state index contributed by atoms with van der Waals surface area (Å²) in [6, 6.07) is 9.42. The van der Waals surface area contributed by atoms with Gasteiger partial charge in [0.25, 0.3) is 5.91 Å². The van der Waals surface area contributed by atoms with E-state index in [1.54, 1.807) is 0 Å². The second-order valence-corrected chi connectivity index (χ2v) is 5.97. The molecule has 0 aliphatic heterocycles. The van der Waals surface area contributed by atoms with Crippen LogP contribution in [0.25, 0.3) is 0 Å². The largest absolute Gasteiger partial charge is 0.416 e. The first kappa shape index (κ1) is 21.7. The van der Waals surface area contributed by atoms with Gasteiger partial charge in [0.15, 0.2) is 0 Å². The van der Waals surface area contributed by atoms with Crippen molar-refractivity contribution < 1.29 is 27.6 Å². The van der Waals surface area contributed by atoms with Gasteiger partial charge in [-0.2, -0.15) is 13.2 Å². The molecule has 4 N–H and O–H groups in total. The summed E-state index contributed by atoms with van der Waals surface area (Å²) in [6.45, 7) is 1.96. The van der Waals surface area contributed by atoms with Gasteiger partial charge >= 0.3 is 12.2 Å². The average Bonchev–Trinajstić information content (AvgIpc) is 2.65. The number of alkyl halides is 3. The molecular formula is C19H19F3N4O3. The van der Waals surface area contributed by atoms with Crippen LogP contribution in [0, 0.1) is 0 Å². The van der Waals surface area contributed by atoms with Crippen molar-refractivity contribution in [3.05, 3.63) is 59.7 Å². The van der Waals surface area contributed by atoms with Crippen molar-refractivity contribution in [2.45, 2.75) is 13.1 Å². The lowest BCUT2D eigenvalue weighted by atomic mass is 10.2. The van der Waals surface area contributed by atoms with Crippen molar-refractivity contribution in [1.29, 1.82) is 0 Å². The highest BCUT2D eigenvalue weighted by Crippen LogP contribution is 2.29. The molecule has 0 saturated carbocycles. The minimum atomic E-state index is -4.45. The van der Waals surface area contributed by atoms with E-state index in [-0.39, 0.29) is 24.0 Å². The highest BCUT2D eigenvalue weighted by atomic mass is 19.4. The first-order valence-corrected chi connectivity index (χ1v) is 8.53. The monoisotopic (exact) mass is 408 g/mol. The third-order valence-electron chi connectivity index (χ3n) is 3.66. The van der Waals surface area contributed by atoms with E-state index >= 15 is 0 Å². The molecule has 2 rings (SSSR count). The van der Waals surface area contributed by atoms with E-state index in [0.717, 1.165) is 24.3 Å². The summed E-state index contributed by atoms with van der Waals surface area (Å²) in [7, 11) is 0. The molecule has 0 unspecified atom stereocenters. The number of anilines is 2. The maximum absolute atomic E-state index is 12.5. The van der Waals surface area contributed by atoms with E-state index in [2.05, 4.69) is 21.3 Å². The van der Waals surface area contributed by atoms with Crippen LogP contribution in [0.1, 0.15) is 22.8 Å². The third kappa shape index (κ3) is 7.17. The van der Waals surface area contributed by atoms with Crippen molar-refractivity contribution >= 4 is 29.2 Å². The molecule has 29 heavy (non-hydrogen) atoms. The number of benzene rings is 2. The fourth-order valence-electron chi connectivity index (χ4n) is 2.26. The number of amides is 4. The van der Waals surface area contributed by atoms with E-state index in [4.69, 9.17) is 0 Å². The van der Waals surface area contributed by atoms with Gasteiger partial charge in [-0.15, -0.1) is 0 Å². The van der Waals surface area contributed by atoms with Crippen LogP contribution >= 0.6 is 0 Å². The maximum atomic E-state index is 12.5. The molecule has 0 heterocycles. The zero-order valence-corrected chi connectivity index (χ0v) is 15.4. The number of urea groups is 1. The number of halogens is 3. The molecule has 0 radical (unpaired) electrons. The topological polar surface area (TPSA) is 99.3 Å². The van der Waals surface area contributed by atoms with Crippen molar-refractivity contribution in [2.24, 2.45) is 0 Å². The van der Waals surface area contributed by atoms with Crippen molar-refractivity contribution in [3.8, 4) is 0 Å². The van der Waals surface area contributed by atoms with Crippen LogP contribution in [0.2, 0.25) is 0 Å². The van der Waals surface area contributed by atoms with E-state index < -0.39 is 17.8 Å². The Labute approximate surface area is 164 Å². The standard InChI is InChI=1S/C19H19F3N4O3/c1-12(27)23-10-11-24-17(28)13-2-6-15(7-3-13)25-18(29)26-16-8-4-14(5-9-16)19(20,21)22/h2-9H,10-11H2,1H3,(H,23,27)(H,24,28)(H2,25,26,29). The highest BCUT2D eigenvalue weighted by molar-refractivity contribution is 6.00. The molecule has 0 spiro atoms. The Bertz CT molecular complexity index is 866. The minimum absolute atomic E-state index is 0.191.